The molecule has 0 fully saturated rings. The van der Waals surface area contributed by atoms with Gasteiger partial charge in [0.2, 0.25) is 0 Å². The zero-order valence-electron chi connectivity index (χ0n) is 16.0. The van der Waals surface area contributed by atoms with E-state index in [0.717, 1.165) is 6.42 Å². The van der Waals surface area contributed by atoms with E-state index in [9.17, 15) is 5.11 Å². The minimum absolute atomic E-state index is 0.0537. The fourth-order valence-corrected chi connectivity index (χ4v) is 1.98. The zero-order valence-corrected chi connectivity index (χ0v) is 16.0. The topological polar surface area (TPSA) is 58.9 Å². The van der Waals surface area contributed by atoms with Crippen molar-refractivity contribution in [3.63, 3.8) is 0 Å². The molecule has 0 aliphatic heterocycles. The van der Waals surface area contributed by atoms with Gasteiger partial charge in [-0.05, 0) is 66.2 Å². The van der Waals surface area contributed by atoms with Crippen molar-refractivity contribution in [3.05, 3.63) is 0 Å². The van der Waals surface area contributed by atoms with E-state index >= 15 is 0 Å². The third kappa shape index (κ3) is 8.47. The van der Waals surface area contributed by atoms with Gasteiger partial charge in [0.05, 0.1) is 23.4 Å². The summed E-state index contributed by atoms with van der Waals surface area (Å²) in [5.41, 5.74) is -1.35. The van der Waals surface area contributed by atoms with E-state index in [1.54, 1.807) is 13.8 Å². The highest BCUT2D eigenvalue weighted by Crippen LogP contribution is 2.37. The SMILES string of the molecule is CC(C)(O)CCOC(C)(C)C(C)(C)CCOC(C)(C)CCO. The summed E-state index contributed by atoms with van der Waals surface area (Å²) in [5.74, 6) is 0. The van der Waals surface area contributed by atoms with Gasteiger partial charge in [0.15, 0.2) is 0 Å². The Morgan fingerprint density at radius 3 is 1.68 bits per heavy atom. The molecule has 2 N–H and O–H groups in total. The molecule has 0 heterocycles. The fraction of sp³-hybridized carbons (Fsp3) is 1.00. The molecule has 0 aromatic heterocycles. The van der Waals surface area contributed by atoms with Crippen molar-refractivity contribution >= 4 is 0 Å². The van der Waals surface area contributed by atoms with Crippen LogP contribution in [0.15, 0.2) is 0 Å². The molecule has 4 nitrogen and oxygen atoms in total. The molecule has 0 aromatic rings. The van der Waals surface area contributed by atoms with Crippen LogP contribution in [0.5, 0.6) is 0 Å². The van der Waals surface area contributed by atoms with E-state index in [-0.39, 0.29) is 23.2 Å². The van der Waals surface area contributed by atoms with Gasteiger partial charge in [-0.1, -0.05) is 13.8 Å². The van der Waals surface area contributed by atoms with Crippen LogP contribution in [0.3, 0.4) is 0 Å². The van der Waals surface area contributed by atoms with Crippen molar-refractivity contribution in [3.8, 4) is 0 Å². The van der Waals surface area contributed by atoms with Gasteiger partial charge in [-0.2, -0.15) is 0 Å². The summed E-state index contributed by atoms with van der Waals surface area (Å²) in [6.45, 7) is 17.5. The molecular weight excluding hydrogens is 280 g/mol. The van der Waals surface area contributed by atoms with Gasteiger partial charge in [0.1, 0.15) is 0 Å². The Hall–Kier alpha value is -0.160. The molecule has 0 radical (unpaired) electrons. The maximum Gasteiger partial charge on any atom is 0.0678 e. The Morgan fingerprint density at radius 2 is 1.23 bits per heavy atom. The van der Waals surface area contributed by atoms with Crippen LogP contribution in [-0.4, -0.2) is 46.8 Å². The standard InChI is InChI=1S/C18H38O4/c1-15(2,10-13-21-17(5,6)9-12-19)18(7,8)22-14-11-16(3,4)20/h19-20H,9-14H2,1-8H3. The number of aliphatic hydroxyl groups excluding tert-OH is 1. The quantitative estimate of drug-likeness (QED) is 0.612. The second-order valence-corrected chi connectivity index (χ2v) is 8.64. The third-order valence-corrected chi connectivity index (χ3v) is 4.74. The Balaban J connectivity index is 4.39. The van der Waals surface area contributed by atoms with Crippen LogP contribution in [0.1, 0.15) is 74.7 Å². The van der Waals surface area contributed by atoms with Crippen molar-refractivity contribution in [2.75, 3.05) is 19.8 Å². The zero-order chi connectivity index (χ0) is 17.7. The Kier molecular flexibility index (Phi) is 8.03. The Morgan fingerprint density at radius 1 is 0.727 bits per heavy atom. The molecule has 0 bridgehead atoms. The lowest BCUT2D eigenvalue weighted by Crippen LogP contribution is -2.43. The maximum atomic E-state index is 9.78. The fourth-order valence-electron chi connectivity index (χ4n) is 1.98. The number of hydrogen-bond acceptors (Lipinski definition) is 4. The van der Waals surface area contributed by atoms with Crippen LogP contribution in [0.4, 0.5) is 0 Å². The minimum Gasteiger partial charge on any atom is -0.396 e. The normalized spacial score (nSPS) is 14.5. The monoisotopic (exact) mass is 318 g/mol. The highest BCUT2D eigenvalue weighted by Gasteiger charge is 2.38. The molecule has 0 unspecified atom stereocenters. The summed E-state index contributed by atoms with van der Waals surface area (Å²) in [5, 5.41) is 18.8. The summed E-state index contributed by atoms with van der Waals surface area (Å²) in [7, 11) is 0. The smallest absolute Gasteiger partial charge is 0.0678 e. The summed E-state index contributed by atoms with van der Waals surface area (Å²) in [6.07, 6.45) is 2.13. The molecule has 0 saturated heterocycles. The lowest BCUT2D eigenvalue weighted by molar-refractivity contribution is -0.126. The predicted molar refractivity (Wildman–Crippen MR) is 91.1 cm³/mol. The van der Waals surface area contributed by atoms with Gasteiger partial charge in [-0.25, -0.2) is 0 Å². The molecule has 0 amide bonds. The van der Waals surface area contributed by atoms with Gasteiger partial charge in [0.25, 0.3) is 0 Å². The largest absolute Gasteiger partial charge is 0.396 e. The first-order chi connectivity index (χ1) is 9.72. The van der Waals surface area contributed by atoms with Crippen LogP contribution in [0.2, 0.25) is 0 Å². The Bertz CT molecular complexity index is 314. The molecule has 0 aliphatic carbocycles. The summed E-state index contributed by atoms with van der Waals surface area (Å²) < 4.78 is 11.9. The molecule has 0 aliphatic rings. The third-order valence-electron chi connectivity index (χ3n) is 4.74. The summed E-state index contributed by atoms with van der Waals surface area (Å²) >= 11 is 0. The van der Waals surface area contributed by atoms with Crippen molar-refractivity contribution < 1.29 is 19.7 Å². The first-order valence-electron chi connectivity index (χ1n) is 8.34. The molecule has 22 heavy (non-hydrogen) atoms. The lowest BCUT2D eigenvalue weighted by Gasteiger charge is -2.42. The number of hydrogen-bond donors (Lipinski definition) is 2. The van der Waals surface area contributed by atoms with Gasteiger partial charge in [-0.3, -0.25) is 0 Å². The maximum absolute atomic E-state index is 9.78. The van der Waals surface area contributed by atoms with Gasteiger partial charge in [-0.15, -0.1) is 0 Å². The predicted octanol–water partition coefficient (Wildman–Crippen LogP) is 3.54. The van der Waals surface area contributed by atoms with Gasteiger partial charge in [0, 0.05) is 13.2 Å². The molecule has 134 valence electrons. The molecule has 0 aromatic carbocycles. The molecule has 4 heteroatoms. The average molecular weight is 318 g/mol. The minimum atomic E-state index is -0.697. The van der Waals surface area contributed by atoms with Crippen LogP contribution in [0, 0.1) is 5.41 Å². The van der Waals surface area contributed by atoms with Crippen molar-refractivity contribution in [1.82, 2.24) is 0 Å². The second-order valence-electron chi connectivity index (χ2n) is 8.64. The molecule has 0 spiro atoms. The van der Waals surface area contributed by atoms with E-state index in [1.165, 1.54) is 0 Å². The lowest BCUT2D eigenvalue weighted by atomic mass is 9.74. The van der Waals surface area contributed by atoms with Gasteiger partial charge < -0.3 is 19.7 Å². The highest BCUT2D eigenvalue weighted by atomic mass is 16.5. The number of rotatable bonds is 11. The highest BCUT2D eigenvalue weighted by molar-refractivity contribution is 4.88. The van der Waals surface area contributed by atoms with E-state index in [4.69, 9.17) is 14.6 Å². The summed E-state index contributed by atoms with van der Waals surface area (Å²) in [6, 6.07) is 0. The average Bonchev–Trinajstić information content (AvgIpc) is 2.25. The molecule has 0 saturated carbocycles. The first-order valence-corrected chi connectivity index (χ1v) is 8.34. The van der Waals surface area contributed by atoms with Crippen LogP contribution in [0.25, 0.3) is 0 Å². The second kappa shape index (κ2) is 8.09. The van der Waals surface area contributed by atoms with Crippen LogP contribution in [-0.2, 0) is 9.47 Å². The van der Waals surface area contributed by atoms with Crippen molar-refractivity contribution in [1.29, 1.82) is 0 Å². The first kappa shape index (κ1) is 21.8. The molecule has 0 rings (SSSR count). The van der Waals surface area contributed by atoms with E-state index in [1.807, 2.05) is 13.8 Å². The van der Waals surface area contributed by atoms with E-state index in [0.29, 0.717) is 26.1 Å². The van der Waals surface area contributed by atoms with E-state index in [2.05, 4.69) is 27.7 Å². The molecule has 0 atom stereocenters. The van der Waals surface area contributed by atoms with Crippen molar-refractivity contribution in [2.45, 2.75) is 91.5 Å². The number of ether oxygens (including phenoxy) is 2. The summed E-state index contributed by atoms with van der Waals surface area (Å²) in [4.78, 5) is 0. The molecular formula is C18H38O4. The van der Waals surface area contributed by atoms with Gasteiger partial charge >= 0.3 is 0 Å². The van der Waals surface area contributed by atoms with E-state index < -0.39 is 5.60 Å². The van der Waals surface area contributed by atoms with Crippen molar-refractivity contribution in [2.24, 2.45) is 5.41 Å². The Labute approximate surface area is 137 Å². The number of aliphatic hydroxyl groups is 2. The van der Waals surface area contributed by atoms with Crippen LogP contribution < -0.4 is 0 Å². The van der Waals surface area contributed by atoms with Crippen LogP contribution >= 0.6 is 0 Å².